The fourth-order valence-electron chi connectivity index (χ4n) is 2.09. The Morgan fingerprint density at radius 2 is 2.00 bits per heavy atom. The van der Waals surface area contributed by atoms with E-state index in [0.717, 1.165) is 17.8 Å². The molecule has 1 N–H and O–H groups in total. The van der Waals surface area contributed by atoms with Crippen molar-refractivity contribution in [1.29, 1.82) is 0 Å². The largest absolute Gasteiger partial charge is 0.431 e. The van der Waals surface area contributed by atoms with Crippen LogP contribution in [0.15, 0.2) is 52.1 Å². The molecule has 3 rings (SSSR count). The fraction of sp³-hybridized carbons (Fsp3) is 0.125. The van der Waals surface area contributed by atoms with Crippen molar-refractivity contribution in [2.45, 2.75) is 11.4 Å². The van der Waals surface area contributed by atoms with Gasteiger partial charge in [0.15, 0.2) is 5.58 Å². The van der Waals surface area contributed by atoms with Gasteiger partial charge in [-0.2, -0.15) is 13.2 Å². The highest BCUT2D eigenvalue weighted by Crippen LogP contribution is 2.34. The Morgan fingerprint density at radius 1 is 1.24 bits per heavy atom. The molecule has 1 heterocycles. The predicted octanol–water partition coefficient (Wildman–Crippen LogP) is 5.23. The van der Waals surface area contributed by atoms with Crippen molar-refractivity contribution in [3.63, 3.8) is 0 Å². The molecule has 0 aliphatic carbocycles. The first kappa shape index (κ1) is 17.6. The summed E-state index contributed by atoms with van der Waals surface area (Å²) < 4.78 is 44.2. The fourth-order valence-corrected chi connectivity index (χ4v) is 2.89. The molecule has 0 fully saturated rings. The second kappa shape index (κ2) is 6.97. The molecular weight excluding hydrogens is 377 g/mol. The van der Waals surface area contributed by atoms with Crippen LogP contribution in [0.2, 0.25) is 5.02 Å². The molecule has 0 saturated carbocycles. The minimum atomic E-state index is -4.55. The van der Waals surface area contributed by atoms with Crippen LogP contribution in [0.3, 0.4) is 0 Å². The van der Waals surface area contributed by atoms with E-state index in [1.165, 1.54) is 18.2 Å². The van der Waals surface area contributed by atoms with Crippen molar-refractivity contribution in [1.82, 2.24) is 4.98 Å². The number of carbonyl (C=O) groups excluding carboxylic acids is 1. The zero-order valence-electron chi connectivity index (χ0n) is 12.4. The lowest BCUT2D eigenvalue weighted by molar-refractivity contribution is -0.137. The van der Waals surface area contributed by atoms with Crippen molar-refractivity contribution in [2.24, 2.45) is 0 Å². The molecule has 0 spiro atoms. The maximum atomic E-state index is 12.9. The standard InChI is InChI=1S/C16H10ClF3N2O2S/c17-9-5-6-12-13(7-9)24-15(22-12)25-8-14(23)21-11-4-2-1-3-10(11)16(18,19)20/h1-7H,8H2,(H,21,23). The molecule has 0 atom stereocenters. The Labute approximate surface area is 149 Å². The number of aromatic nitrogens is 1. The quantitative estimate of drug-likeness (QED) is 0.624. The summed E-state index contributed by atoms with van der Waals surface area (Å²) in [7, 11) is 0. The minimum absolute atomic E-state index is 0.146. The number of oxazole rings is 1. The van der Waals surface area contributed by atoms with E-state index < -0.39 is 17.6 Å². The number of nitrogens with one attached hydrogen (secondary N) is 1. The second-order valence-electron chi connectivity index (χ2n) is 4.97. The lowest BCUT2D eigenvalue weighted by atomic mass is 10.1. The molecule has 1 aromatic heterocycles. The van der Waals surface area contributed by atoms with Crippen LogP contribution in [0, 0.1) is 0 Å². The third-order valence-corrected chi connectivity index (χ3v) is 4.23. The molecule has 0 saturated heterocycles. The summed E-state index contributed by atoms with van der Waals surface area (Å²) in [5.41, 5.74) is -0.137. The van der Waals surface area contributed by atoms with Crippen LogP contribution in [-0.4, -0.2) is 16.6 Å². The van der Waals surface area contributed by atoms with E-state index in [4.69, 9.17) is 16.0 Å². The number of thioether (sulfide) groups is 1. The molecule has 0 bridgehead atoms. The van der Waals surface area contributed by atoms with Crippen LogP contribution >= 0.6 is 23.4 Å². The number of benzene rings is 2. The van der Waals surface area contributed by atoms with Crippen molar-refractivity contribution in [3.05, 3.63) is 53.1 Å². The Morgan fingerprint density at radius 3 is 2.76 bits per heavy atom. The lowest BCUT2D eigenvalue weighted by Crippen LogP contribution is -2.18. The van der Waals surface area contributed by atoms with Gasteiger partial charge in [0.05, 0.1) is 17.0 Å². The Balaban J connectivity index is 1.67. The third-order valence-electron chi connectivity index (χ3n) is 3.16. The van der Waals surface area contributed by atoms with Gasteiger partial charge in [-0.15, -0.1) is 0 Å². The van der Waals surface area contributed by atoms with Gasteiger partial charge in [-0.05, 0) is 24.3 Å². The van der Waals surface area contributed by atoms with E-state index in [2.05, 4.69) is 10.3 Å². The molecule has 0 aliphatic rings. The Hall–Kier alpha value is -2.19. The highest BCUT2D eigenvalue weighted by atomic mass is 35.5. The third kappa shape index (κ3) is 4.26. The smallest absolute Gasteiger partial charge is 0.418 e. The van der Waals surface area contributed by atoms with Gasteiger partial charge in [0, 0.05) is 11.1 Å². The summed E-state index contributed by atoms with van der Waals surface area (Å²) in [6, 6.07) is 9.71. The maximum absolute atomic E-state index is 12.9. The Kier molecular flexibility index (Phi) is 4.91. The van der Waals surface area contributed by atoms with Gasteiger partial charge in [-0.1, -0.05) is 35.5 Å². The van der Waals surface area contributed by atoms with Crippen molar-refractivity contribution in [2.75, 3.05) is 11.1 Å². The topological polar surface area (TPSA) is 55.1 Å². The van der Waals surface area contributed by atoms with Crippen LogP contribution in [0.5, 0.6) is 0 Å². The number of carbonyl (C=O) groups is 1. The monoisotopic (exact) mass is 386 g/mol. The Bertz CT molecular complexity index is 927. The maximum Gasteiger partial charge on any atom is 0.418 e. The number of hydrogen-bond donors (Lipinski definition) is 1. The van der Waals surface area contributed by atoms with E-state index in [9.17, 15) is 18.0 Å². The highest BCUT2D eigenvalue weighted by molar-refractivity contribution is 7.99. The predicted molar refractivity (Wildman–Crippen MR) is 89.8 cm³/mol. The lowest BCUT2D eigenvalue weighted by Gasteiger charge is -2.13. The van der Waals surface area contributed by atoms with Crippen LogP contribution in [0.1, 0.15) is 5.56 Å². The van der Waals surface area contributed by atoms with Gasteiger partial charge in [-0.3, -0.25) is 4.79 Å². The summed E-state index contributed by atoms with van der Waals surface area (Å²) in [6.45, 7) is 0. The molecular formula is C16H10ClF3N2O2S. The molecule has 130 valence electrons. The molecule has 1 amide bonds. The number of hydrogen-bond acceptors (Lipinski definition) is 4. The first-order valence-corrected chi connectivity index (χ1v) is 8.34. The van der Waals surface area contributed by atoms with Crippen LogP contribution in [-0.2, 0) is 11.0 Å². The normalized spacial score (nSPS) is 11.7. The molecule has 0 radical (unpaired) electrons. The van der Waals surface area contributed by atoms with Gasteiger partial charge < -0.3 is 9.73 Å². The highest BCUT2D eigenvalue weighted by Gasteiger charge is 2.33. The van der Waals surface area contributed by atoms with E-state index >= 15 is 0 Å². The van der Waals surface area contributed by atoms with Crippen molar-refractivity contribution >= 4 is 46.1 Å². The number of para-hydroxylation sites is 1. The average Bonchev–Trinajstić information content (AvgIpc) is 2.94. The SMILES string of the molecule is O=C(CSc1nc2ccc(Cl)cc2o1)Nc1ccccc1C(F)(F)F. The summed E-state index contributed by atoms with van der Waals surface area (Å²) in [5.74, 6) is -0.741. The summed E-state index contributed by atoms with van der Waals surface area (Å²) in [5, 5.41) is 2.98. The van der Waals surface area contributed by atoms with Crippen LogP contribution < -0.4 is 5.32 Å². The molecule has 3 aromatic rings. The number of nitrogens with zero attached hydrogens (tertiary/aromatic N) is 1. The number of amides is 1. The summed E-state index contributed by atoms with van der Waals surface area (Å²) in [6.07, 6.45) is -4.55. The first-order chi connectivity index (χ1) is 11.8. The number of halogens is 4. The molecule has 0 unspecified atom stereocenters. The molecule has 25 heavy (non-hydrogen) atoms. The van der Waals surface area contributed by atoms with Gasteiger partial charge in [0.1, 0.15) is 5.52 Å². The van der Waals surface area contributed by atoms with Crippen molar-refractivity contribution in [3.8, 4) is 0 Å². The van der Waals surface area contributed by atoms with E-state index in [0.29, 0.717) is 16.1 Å². The second-order valence-corrected chi connectivity index (χ2v) is 6.34. The zero-order valence-corrected chi connectivity index (χ0v) is 14.0. The van der Waals surface area contributed by atoms with Crippen LogP contribution in [0.4, 0.5) is 18.9 Å². The van der Waals surface area contributed by atoms with Gasteiger partial charge in [0.25, 0.3) is 5.22 Å². The van der Waals surface area contributed by atoms with Crippen LogP contribution in [0.25, 0.3) is 11.1 Å². The van der Waals surface area contributed by atoms with E-state index in [-0.39, 0.29) is 16.7 Å². The van der Waals surface area contributed by atoms with E-state index in [1.54, 1.807) is 18.2 Å². The number of alkyl halides is 3. The number of anilines is 1. The van der Waals surface area contributed by atoms with Gasteiger partial charge in [0.2, 0.25) is 5.91 Å². The number of rotatable bonds is 4. The first-order valence-electron chi connectivity index (χ1n) is 6.98. The minimum Gasteiger partial charge on any atom is -0.431 e. The zero-order chi connectivity index (χ0) is 18.0. The molecule has 2 aromatic carbocycles. The molecule has 4 nitrogen and oxygen atoms in total. The van der Waals surface area contributed by atoms with Gasteiger partial charge >= 0.3 is 6.18 Å². The molecule has 9 heteroatoms. The van der Waals surface area contributed by atoms with Crippen molar-refractivity contribution < 1.29 is 22.4 Å². The molecule has 0 aliphatic heterocycles. The summed E-state index contributed by atoms with van der Waals surface area (Å²) >= 11 is 6.83. The van der Waals surface area contributed by atoms with E-state index in [1.807, 2.05) is 0 Å². The summed E-state index contributed by atoms with van der Waals surface area (Å²) in [4.78, 5) is 16.1. The number of fused-ring (bicyclic) bond motifs is 1. The van der Waals surface area contributed by atoms with Gasteiger partial charge in [-0.25, -0.2) is 4.98 Å². The average molecular weight is 387 g/mol.